The predicted octanol–water partition coefficient (Wildman–Crippen LogP) is 3.37. The van der Waals surface area contributed by atoms with E-state index >= 15 is 0 Å². The molecule has 3 nitrogen and oxygen atoms in total. The normalized spacial score (nSPS) is 15.0. The van der Waals surface area contributed by atoms with E-state index in [1.807, 2.05) is 48.5 Å². The number of hydrogen-bond donors (Lipinski definition) is 2. The van der Waals surface area contributed by atoms with Crippen LogP contribution in [0.4, 0.5) is 0 Å². The maximum Gasteiger partial charge on any atom is 0.120 e. The van der Waals surface area contributed by atoms with Crippen molar-refractivity contribution in [2.45, 2.75) is 0 Å². The summed E-state index contributed by atoms with van der Waals surface area (Å²) in [6.45, 7) is 0. The fraction of sp³-hybridized carbons (Fsp3) is 0. The number of nitrogens with one attached hydrogen (secondary N) is 1. The highest BCUT2D eigenvalue weighted by molar-refractivity contribution is 6.29. The van der Waals surface area contributed by atoms with E-state index in [1.165, 1.54) is 0 Å². The SMILES string of the molecule is O/N=C1\c2ccccc2-c2[nH]c3ccccc3c21. The number of H-pyrrole nitrogens is 1. The molecule has 0 unspecified atom stereocenters. The van der Waals surface area contributed by atoms with Crippen molar-refractivity contribution in [2.24, 2.45) is 5.16 Å². The van der Waals surface area contributed by atoms with Crippen molar-refractivity contribution in [3.63, 3.8) is 0 Å². The molecule has 0 radical (unpaired) electrons. The Balaban J connectivity index is 2.20. The first-order chi connectivity index (χ1) is 8.90. The summed E-state index contributed by atoms with van der Waals surface area (Å²) in [6.07, 6.45) is 0. The van der Waals surface area contributed by atoms with Gasteiger partial charge >= 0.3 is 0 Å². The zero-order chi connectivity index (χ0) is 12.1. The average Bonchev–Trinajstić information content (AvgIpc) is 2.93. The predicted molar refractivity (Wildman–Crippen MR) is 71.2 cm³/mol. The molecule has 86 valence electrons. The molecule has 1 aliphatic carbocycles. The highest BCUT2D eigenvalue weighted by Crippen LogP contribution is 2.40. The molecule has 2 aromatic carbocycles. The highest BCUT2D eigenvalue weighted by atomic mass is 16.4. The molecule has 1 aromatic heterocycles. The number of benzene rings is 2. The monoisotopic (exact) mass is 234 g/mol. The fourth-order valence-electron chi connectivity index (χ4n) is 2.74. The van der Waals surface area contributed by atoms with Gasteiger partial charge in [-0.2, -0.15) is 0 Å². The van der Waals surface area contributed by atoms with Gasteiger partial charge in [-0.25, -0.2) is 0 Å². The summed E-state index contributed by atoms with van der Waals surface area (Å²) >= 11 is 0. The summed E-state index contributed by atoms with van der Waals surface area (Å²) < 4.78 is 0. The largest absolute Gasteiger partial charge is 0.410 e. The number of oxime groups is 1. The van der Waals surface area contributed by atoms with Crippen LogP contribution < -0.4 is 0 Å². The zero-order valence-corrected chi connectivity index (χ0v) is 9.51. The van der Waals surface area contributed by atoms with Gasteiger partial charge in [0.1, 0.15) is 5.71 Å². The molecule has 0 saturated carbocycles. The molecule has 2 N–H and O–H groups in total. The second-order valence-electron chi connectivity index (χ2n) is 4.41. The van der Waals surface area contributed by atoms with Crippen molar-refractivity contribution in [1.82, 2.24) is 4.98 Å². The first-order valence-corrected chi connectivity index (χ1v) is 5.83. The Bertz CT molecular complexity index is 799. The van der Waals surface area contributed by atoms with Crippen LogP contribution in [0.2, 0.25) is 0 Å². The summed E-state index contributed by atoms with van der Waals surface area (Å²) in [5.41, 5.74) is 5.83. The second kappa shape index (κ2) is 3.23. The summed E-state index contributed by atoms with van der Waals surface area (Å²) in [5, 5.41) is 13.9. The van der Waals surface area contributed by atoms with E-state index in [9.17, 15) is 5.21 Å². The minimum absolute atomic E-state index is 0.651. The van der Waals surface area contributed by atoms with Crippen LogP contribution in [-0.4, -0.2) is 15.9 Å². The first kappa shape index (κ1) is 9.48. The molecule has 0 spiro atoms. The summed E-state index contributed by atoms with van der Waals surface area (Å²) in [6, 6.07) is 16.0. The van der Waals surface area contributed by atoms with Gasteiger partial charge in [-0.3, -0.25) is 0 Å². The standard InChI is InChI=1S/C15H10N2O/c18-17-15-10-6-2-1-5-9(10)14-13(15)11-7-3-4-8-12(11)16-14/h1-8,16,18H/b17-15+. The van der Waals surface area contributed by atoms with Crippen molar-refractivity contribution in [2.75, 3.05) is 0 Å². The van der Waals surface area contributed by atoms with Crippen LogP contribution in [0, 0.1) is 0 Å². The molecule has 0 aliphatic heterocycles. The lowest BCUT2D eigenvalue weighted by Gasteiger charge is -1.99. The molecule has 1 heterocycles. The Kier molecular flexibility index (Phi) is 1.70. The molecule has 0 bridgehead atoms. The first-order valence-electron chi connectivity index (χ1n) is 5.83. The summed E-state index contributed by atoms with van der Waals surface area (Å²) in [5.74, 6) is 0. The molecular weight excluding hydrogens is 224 g/mol. The quantitative estimate of drug-likeness (QED) is 0.355. The lowest BCUT2D eigenvalue weighted by Crippen LogP contribution is -1.97. The second-order valence-corrected chi connectivity index (χ2v) is 4.41. The van der Waals surface area contributed by atoms with E-state index in [-0.39, 0.29) is 0 Å². The number of hydrogen-bond acceptors (Lipinski definition) is 2. The third-order valence-electron chi connectivity index (χ3n) is 3.49. The van der Waals surface area contributed by atoms with Gasteiger partial charge < -0.3 is 10.2 Å². The van der Waals surface area contributed by atoms with Crippen LogP contribution in [0.3, 0.4) is 0 Å². The van der Waals surface area contributed by atoms with E-state index in [2.05, 4.69) is 10.1 Å². The van der Waals surface area contributed by atoms with Gasteiger partial charge in [0.2, 0.25) is 0 Å². The fourth-order valence-corrected chi connectivity index (χ4v) is 2.74. The molecule has 3 heteroatoms. The maximum absolute atomic E-state index is 9.31. The summed E-state index contributed by atoms with van der Waals surface area (Å²) in [7, 11) is 0. The van der Waals surface area contributed by atoms with Crippen molar-refractivity contribution < 1.29 is 5.21 Å². The highest BCUT2D eigenvalue weighted by Gasteiger charge is 2.28. The van der Waals surface area contributed by atoms with E-state index < -0.39 is 0 Å². The molecule has 0 fully saturated rings. The third-order valence-corrected chi connectivity index (χ3v) is 3.49. The van der Waals surface area contributed by atoms with E-state index in [1.54, 1.807) is 0 Å². The minimum Gasteiger partial charge on any atom is -0.410 e. The van der Waals surface area contributed by atoms with Crippen LogP contribution in [-0.2, 0) is 0 Å². The number of para-hydroxylation sites is 1. The van der Waals surface area contributed by atoms with Crippen molar-refractivity contribution in [3.05, 3.63) is 59.7 Å². The van der Waals surface area contributed by atoms with E-state index in [0.29, 0.717) is 5.71 Å². The Morgan fingerprint density at radius 2 is 1.61 bits per heavy atom. The van der Waals surface area contributed by atoms with Crippen molar-refractivity contribution in [1.29, 1.82) is 0 Å². The molecule has 0 saturated heterocycles. The minimum atomic E-state index is 0.651. The van der Waals surface area contributed by atoms with Gasteiger partial charge in [-0.05, 0) is 6.07 Å². The Labute approximate surface area is 103 Å². The van der Waals surface area contributed by atoms with Crippen LogP contribution in [0.25, 0.3) is 22.2 Å². The molecule has 0 amide bonds. The van der Waals surface area contributed by atoms with Gasteiger partial charge in [-0.15, -0.1) is 0 Å². The van der Waals surface area contributed by atoms with Gasteiger partial charge in [0.05, 0.1) is 5.69 Å². The Morgan fingerprint density at radius 3 is 2.44 bits per heavy atom. The van der Waals surface area contributed by atoms with Crippen molar-refractivity contribution in [3.8, 4) is 11.3 Å². The number of rotatable bonds is 0. The molecule has 4 rings (SSSR count). The third kappa shape index (κ3) is 1.01. The smallest absolute Gasteiger partial charge is 0.120 e. The number of aromatic nitrogens is 1. The number of nitrogens with zero attached hydrogens (tertiary/aromatic N) is 1. The molecule has 1 aliphatic rings. The van der Waals surface area contributed by atoms with E-state index in [4.69, 9.17) is 0 Å². The molecular formula is C15H10N2O. The van der Waals surface area contributed by atoms with E-state index in [0.717, 1.165) is 33.3 Å². The van der Waals surface area contributed by atoms with Gasteiger partial charge in [0.25, 0.3) is 0 Å². The zero-order valence-electron chi connectivity index (χ0n) is 9.51. The number of fused-ring (bicyclic) bond motifs is 5. The molecule has 3 aromatic rings. The van der Waals surface area contributed by atoms with Gasteiger partial charge in [0, 0.05) is 27.6 Å². The Morgan fingerprint density at radius 1 is 0.889 bits per heavy atom. The Hall–Kier alpha value is -2.55. The lowest BCUT2D eigenvalue weighted by atomic mass is 10.1. The van der Waals surface area contributed by atoms with Gasteiger partial charge in [0.15, 0.2) is 0 Å². The lowest BCUT2D eigenvalue weighted by molar-refractivity contribution is 0.320. The van der Waals surface area contributed by atoms with Crippen LogP contribution in [0.15, 0.2) is 53.7 Å². The maximum atomic E-state index is 9.31. The number of aromatic amines is 1. The topological polar surface area (TPSA) is 48.4 Å². The van der Waals surface area contributed by atoms with Crippen LogP contribution in [0.1, 0.15) is 11.1 Å². The average molecular weight is 234 g/mol. The summed E-state index contributed by atoms with van der Waals surface area (Å²) in [4.78, 5) is 3.40. The van der Waals surface area contributed by atoms with Crippen LogP contribution in [0.5, 0.6) is 0 Å². The van der Waals surface area contributed by atoms with Crippen molar-refractivity contribution >= 4 is 16.6 Å². The molecule has 18 heavy (non-hydrogen) atoms. The van der Waals surface area contributed by atoms with Crippen LogP contribution >= 0.6 is 0 Å². The molecule has 0 atom stereocenters. The van der Waals surface area contributed by atoms with Gasteiger partial charge in [-0.1, -0.05) is 47.6 Å².